The zero-order chi connectivity index (χ0) is 2.71. The Morgan fingerprint density at radius 3 is 1.80 bits per heavy atom. The summed E-state index contributed by atoms with van der Waals surface area (Å²) in [7, 11) is 0. The molecule has 1 N–H and O–H groups in total. The Kier molecular flexibility index (Phi) is 69.3. The van der Waals surface area contributed by atoms with Crippen molar-refractivity contribution in [2.24, 2.45) is 5.34 Å². The fourth-order valence-corrected chi connectivity index (χ4v) is 0. The van der Waals surface area contributed by atoms with E-state index in [0.717, 1.165) is 0 Å². The second-order valence-corrected chi connectivity index (χ2v) is 0.0816. The smallest absolute Gasteiger partial charge is 1.00 e. The van der Waals surface area contributed by atoms with Crippen molar-refractivity contribution in [2.45, 2.75) is 0 Å². The SMILES string of the molecule is O=NO.[Co].[H-].[Na+]. The van der Waals surface area contributed by atoms with Crippen molar-refractivity contribution in [3.05, 3.63) is 4.91 Å². The molecule has 1 radical (unpaired) electrons. The molecule has 0 aliphatic carbocycles. The maximum absolute atomic E-state index is 8.11. The summed E-state index contributed by atoms with van der Waals surface area (Å²) in [4.78, 5) is 8.11. The minimum Gasteiger partial charge on any atom is -1.00 e. The van der Waals surface area contributed by atoms with Crippen molar-refractivity contribution in [2.75, 3.05) is 0 Å². The van der Waals surface area contributed by atoms with Gasteiger partial charge in [-0.15, -0.1) is 4.91 Å². The third-order valence-corrected chi connectivity index (χ3v) is 0. The largest absolute Gasteiger partial charge is 1.00 e. The van der Waals surface area contributed by atoms with Crippen LogP contribution in [0.1, 0.15) is 1.43 Å². The van der Waals surface area contributed by atoms with Crippen molar-refractivity contribution >= 4 is 0 Å². The zero-order valence-electron chi connectivity index (χ0n) is 3.64. The van der Waals surface area contributed by atoms with Crippen LogP contribution in [0.3, 0.4) is 0 Å². The van der Waals surface area contributed by atoms with E-state index in [9.17, 15) is 0 Å². The van der Waals surface area contributed by atoms with Crippen molar-refractivity contribution in [3.63, 3.8) is 0 Å². The maximum atomic E-state index is 8.11. The van der Waals surface area contributed by atoms with Gasteiger partial charge in [-0.2, -0.15) is 0 Å². The Hall–Kier alpha value is 0.906. The fourth-order valence-electron chi connectivity index (χ4n) is 0. The first kappa shape index (κ1) is 16.8. The average molecular weight is 130 g/mol. The van der Waals surface area contributed by atoms with Gasteiger partial charge in [0.05, 0.1) is 0 Å². The van der Waals surface area contributed by atoms with Crippen LogP contribution in [0.4, 0.5) is 0 Å². The molecule has 5 heteroatoms. The van der Waals surface area contributed by atoms with E-state index in [1.807, 2.05) is 0 Å². The van der Waals surface area contributed by atoms with Gasteiger partial charge in [0.1, 0.15) is 0 Å². The molecule has 0 fully saturated rings. The molecule has 0 spiro atoms. The second kappa shape index (κ2) is 20.6. The van der Waals surface area contributed by atoms with Gasteiger partial charge in [-0.25, -0.2) is 0 Å². The summed E-state index contributed by atoms with van der Waals surface area (Å²) in [6.07, 6.45) is 0. The van der Waals surface area contributed by atoms with Crippen molar-refractivity contribution < 1.29 is 53.0 Å². The van der Waals surface area contributed by atoms with Gasteiger partial charge in [-0.1, -0.05) is 0 Å². The maximum Gasteiger partial charge on any atom is 1.00 e. The van der Waals surface area contributed by atoms with E-state index in [2.05, 4.69) is 0 Å². The number of hydrogen-bond donors (Lipinski definition) is 1. The van der Waals surface area contributed by atoms with E-state index in [1.54, 1.807) is 0 Å². The molecule has 0 unspecified atom stereocenters. The topological polar surface area (TPSA) is 49.7 Å². The van der Waals surface area contributed by atoms with Crippen LogP contribution in [-0.2, 0) is 16.8 Å². The molecule has 0 atom stereocenters. The first-order valence-electron chi connectivity index (χ1n) is 0.383. The van der Waals surface area contributed by atoms with E-state index >= 15 is 0 Å². The molecular formula is H2CoNNaO2. The third-order valence-electron chi connectivity index (χ3n) is 0. The zero-order valence-corrected chi connectivity index (χ0v) is 5.68. The summed E-state index contributed by atoms with van der Waals surface area (Å²) >= 11 is 0. The fraction of sp³-hybridized carbons (Fsp3) is 0. The van der Waals surface area contributed by atoms with E-state index in [-0.39, 0.29) is 47.8 Å². The molecule has 0 bridgehead atoms. The first-order valence-corrected chi connectivity index (χ1v) is 0.383. The minimum atomic E-state index is 0. The number of rotatable bonds is 0. The summed E-state index contributed by atoms with van der Waals surface area (Å²) in [5.41, 5.74) is 0. The molecule has 0 aliphatic rings. The van der Waals surface area contributed by atoms with Crippen molar-refractivity contribution in [3.8, 4) is 0 Å². The molecule has 0 aromatic carbocycles. The molecular weight excluding hydrogens is 128 g/mol. The third kappa shape index (κ3) is 50.4. The van der Waals surface area contributed by atoms with Crippen molar-refractivity contribution in [1.82, 2.24) is 0 Å². The number of nitrogens with zero attached hydrogens (tertiary/aromatic N) is 1. The van der Waals surface area contributed by atoms with Crippen LogP contribution in [0, 0.1) is 4.91 Å². The molecule has 5 heavy (non-hydrogen) atoms. The van der Waals surface area contributed by atoms with Crippen molar-refractivity contribution in [1.29, 1.82) is 0 Å². The molecule has 29 valence electrons. The molecule has 0 heterocycles. The average Bonchev–Trinajstić information content (AvgIpc) is 0.918. The van der Waals surface area contributed by atoms with E-state index < -0.39 is 0 Å². The molecule has 0 amide bonds. The van der Waals surface area contributed by atoms with Crippen LogP contribution in [0.2, 0.25) is 0 Å². The molecule has 0 saturated heterocycles. The minimum absolute atomic E-state index is 0. The van der Waals surface area contributed by atoms with Crippen LogP contribution in [0.5, 0.6) is 0 Å². The predicted octanol–water partition coefficient (Wildman–Crippen LogP) is -2.74. The van der Waals surface area contributed by atoms with Gasteiger partial charge in [-0.3, -0.25) is 0 Å². The Morgan fingerprint density at radius 2 is 1.80 bits per heavy atom. The Morgan fingerprint density at radius 1 is 1.80 bits per heavy atom. The quantitative estimate of drug-likeness (QED) is 0.219. The Bertz CT molecular complexity index is 21.0. The van der Waals surface area contributed by atoms with Crippen LogP contribution >= 0.6 is 0 Å². The Balaban J connectivity index is -0.00000000667. The van der Waals surface area contributed by atoms with Gasteiger partial charge in [0, 0.05) is 16.8 Å². The molecule has 0 aromatic rings. The van der Waals surface area contributed by atoms with Gasteiger partial charge in [0.2, 0.25) is 0 Å². The molecule has 0 rings (SSSR count). The monoisotopic (exact) mass is 130 g/mol. The van der Waals surface area contributed by atoms with Crippen LogP contribution < -0.4 is 29.6 Å². The molecule has 0 saturated carbocycles. The summed E-state index contributed by atoms with van der Waals surface area (Å²) in [6, 6.07) is 0. The van der Waals surface area contributed by atoms with Crippen LogP contribution in [0.25, 0.3) is 0 Å². The summed E-state index contributed by atoms with van der Waals surface area (Å²) < 4.78 is 0. The molecule has 3 nitrogen and oxygen atoms in total. The Labute approximate surface area is 63.0 Å². The normalized spacial score (nSPS) is 2.40. The summed E-state index contributed by atoms with van der Waals surface area (Å²) in [6.45, 7) is 0. The molecule has 0 aromatic heterocycles. The van der Waals surface area contributed by atoms with E-state index in [4.69, 9.17) is 10.1 Å². The van der Waals surface area contributed by atoms with Crippen LogP contribution in [-0.4, -0.2) is 5.21 Å². The van der Waals surface area contributed by atoms with Gasteiger partial charge in [0.15, 0.2) is 5.34 Å². The van der Waals surface area contributed by atoms with E-state index in [1.165, 1.54) is 5.34 Å². The molecule has 0 aliphatic heterocycles. The van der Waals surface area contributed by atoms with E-state index in [0.29, 0.717) is 0 Å². The standard InChI is InChI=1S/Co.HNO2.Na.H/c;2-1-3;;/h;(H,2,3);;/q;;+1;-1. The van der Waals surface area contributed by atoms with Gasteiger partial charge >= 0.3 is 29.6 Å². The first-order chi connectivity index (χ1) is 1.41. The summed E-state index contributed by atoms with van der Waals surface area (Å²) in [5, 5.41) is 7.89. The number of hydrogen-bond acceptors (Lipinski definition) is 2. The predicted molar refractivity (Wildman–Crippen MR) is 8.69 cm³/mol. The van der Waals surface area contributed by atoms with Gasteiger partial charge in [-0.05, 0) is 0 Å². The van der Waals surface area contributed by atoms with Crippen LogP contribution in [0.15, 0.2) is 5.34 Å². The van der Waals surface area contributed by atoms with Gasteiger partial charge < -0.3 is 6.63 Å². The van der Waals surface area contributed by atoms with Gasteiger partial charge in [0.25, 0.3) is 0 Å². The summed E-state index contributed by atoms with van der Waals surface area (Å²) in [5.74, 6) is 0. The second-order valence-electron chi connectivity index (χ2n) is 0.0816.